The molecule has 0 aliphatic rings. The van der Waals surface area contributed by atoms with Gasteiger partial charge in [-0.3, -0.25) is 4.79 Å². The molecule has 0 spiro atoms. The van der Waals surface area contributed by atoms with Crippen LogP contribution in [0.5, 0.6) is 17.2 Å². The SMILES string of the molecule is CC(C)C(C(=O)O)(c1ccc(OC(F)F)cc1)C(C#N)c1cccc(Oc2ccccc2)c1. The molecule has 33 heavy (non-hydrogen) atoms. The highest BCUT2D eigenvalue weighted by Crippen LogP contribution is 2.46. The van der Waals surface area contributed by atoms with Crippen LogP contribution in [0.3, 0.4) is 0 Å². The van der Waals surface area contributed by atoms with Crippen molar-refractivity contribution in [2.45, 2.75) is 31.8 Å². The number of halogens is 2. The van der Waals surface area contributed by atoms with Crippen molar-refractivity contribution in [1.82, 2.24) is 0 Å². The Morgan fingerprint density at radius 1 is 0.939 bits per heavy atom. The molecule has 0 aliphatic heterocycles. The second-order valence-corrected chi connectivity index (χ2v) is 7.78. The van der Waals surface area contributed by atoms with Crippen LogP contribution in [0.2, 0.25) is 0 Å². The lowest BCUT2D eigenvalue weighted by Gasteiger charge is -2.38. The Kier molecular flexibility index (Phi) is 7.29. The molecule has 0 heterocycles. The number of alkyl halides is 2. The number of carbonyl (C=O) groups is 1. The molecular formula is C26H23F2NO4. The van der Waals surface area contributed by atoms with E-state index >= 15 is 0 Å². The summed E-state index contributed by atoms with van der Waals surface area (Å²) in [5, 5.41) is 20.5. The number of benzene rings is 3. The third-order valence-corrected chi connectivity index (χ3v) is 5.58. The topological polar surface area (TPSA) is 79.5 Å². The number of hydrogen-bond acceptors (Lipinski definition) is 4. The molecule has 0 saturated carbocycles. The molecular weight excluding hydrogens is 428 g/mol. The highest BCUT2D eigenvalue weighted by atomic mass is 19.3. The number of nitriles is 1. The highest BCUT2D eigenvalue weighted by molar-refractivity contribution is 5.84. The van der Waals surface area contributed by atoms with E-state index in [1.165, 1.54) is 24.3 Å². The number of ether oxygens (including phenoxy) is 2. The molecule has 2 atom stereocenters. The summed E-state index contributed by atoms with van der Waals surface area (Å²) in [7, 11) is 0. The van der Waals surface area contributed by atoms with Crippen molar-refractivity contribution in [1.29, 1.82) is 5.26 Å². The Labute approximate surface area is 190 Å². The number of nitrogens with zero attached hydrogens (tertiary/aromatic N) is 1. The molecule has 0 aliphatic carbocycles. The Bertz CT molecular complexity index is 1130. The molecule has 170 valence electrons. The van der Waals surface area contributed by atoms with Gasteiger partial charge in [0, 0.05) is 0 Å². The van der Waals surface area contributed by atoms with Crippen molar-refractivity contribution in [3.63, 3.8) is 0 Å². The van der Waals surface area contributed by atoms with Crippen molar-refractivity contribution < 1.29 is 28.2 Å². The molecule has 3 aromatic rings. The fourth-order valence-electron chi connectivity index (χ4n) is 4.06. The Morgan fingerprint density at radius 2 is 1.58 bits per heavy atom. The third kappa shape index (κ3) is 4.96. The first-order chi connectivity index (χ1) is 15.8. The van der Waals surface area contributed by atoms with Gasteiger partial charge in [0.1, 0.15) is 22.7 Å². The van der Waals surface area contributed by atoms with Gasteiger partial charge < -0.3 is 14.6 Å². The minimum absolute atomic E-state index is 0.0939. The number of hydrogen-bond donors (Lipinski definition) is 1. The molecule has 0 saturated heterocycles. The zero-order valence-corrected chi connectivity index (χ0v) is 18.1. The lowest BCUT2D eigenvalue weighted by molar-refractivity contribution is -0.146. The lowest BCUT2D eigenvalue weighted by Crippen LogP contribution is -2.46. The molecule has 5 nitrogen and oxygen atoms in total. The van der Waals surface area contributed by atoms with Crippen LogP contribution in [-0.2, 0) is 10.2 Å². The number of carboxylic acid groups (broad SMARTS) is 1. The van der Waals surface area contributed by atoms with Crippen LogP contribution in [0.25, 0.3) is 0 Å². The standard InChI is InChI=1S/C26H23F2NO4/c1-17(2)26(24(30)31,19-11-13-21(14-12-19)33-25(27)28)23(16-29)18-7-6-10-22(15-18)32-20-8-4-3-5-9-20/h3-15,17,23,25H,1-2H3,(H,30,31). The van der Waals surface area contributed by atoms with Gasteiger partial charge >= 0.3 is 12.6 Å². The Balaban J connectivity index is 2.07. The number of aliphatic carboxylic acids is 1. The average Bonchev–Trinajstić information content (AvgIpc) is 2.78. The van der Waals surface area contributed by atoms with Gasteiger partial charge in [-0.05, 0) is 53.4 Å². The summed E-state index contributed by atoms with van der Waals surface area (Å²) in [5.74, 6) is -1.82. The van der Waals surface area contributed by atoms with Crippen LogP contribution in [0.15, 0.2) is 78.9 Å². The van der Waals surface area contributed by atoms with Crippen LogP contribution < -0.4 is 9.47 Å². The number of para-hydroxylation sites is 1. The van der Waals surface area contributed by atoms with E-state index in [0.29, 0.717) is 22.6 Å². The zero-order valence-electron chi connectivity index (χ0n) is 18.1. The quantitative estimate of drug-likeness (QED) is 0.409. The molecule has 0 radical (unpaired) electrons. The zero-order chi connectivity index (χ0) is 24.0. The normalized spacial score (nSPS) is 13.7. The van der Waals surface area contributed by atoms with Gasteiger partial charge in [-0.1, -0.05) is 56.3 Å². The molecule has 0 bridgehead atoms. The van der Waals surface area contributed by atoms with E-state index in [-0.39, 0.29) is 5.75 Å². The van der Waals surface area contributed by atoms with Crippen LogP contribution in [0, 0.1) is 17.2 Å². The number of carboxylic acids is 1. The third-order valence-electron chi connectivity index (χ3n) is 5.58. The predicted molar refractivity (Wildman–Crippen MR) is 119 cm³/mol. The van der Waals surface area contributed by atoms with E-state index in [4.69, 9.17) is 4.74 Å². The first-order valence-electron chi connectivity index (χ1n) is 10.3. The Morgan fingerprint density at radius 3 is 2.12 bits per heavy atom. The first kappa shape index (κ1) is 23.7. The van der Waals surface area contributed by atoms with Crippen LogP contribution >= 0.6 is 0 Å². The van der Waals surface area contributed by atoms with Gasteiger partial charge in [0.25, 0.3) is 0 Å². The van der Waals surface area contributed by atoms with E-state index in [2.05, 4.69) is 10.8 Å². The summed E-state index contributed by atoms with van der Waals surface area (Å²) in [6.07, 6.45) is 0. The van der Waals surface area contributed by atoms with Crippen molar-refractivity contribution in [3.05, 3.63) is 90.0 Å². The maximum Gasteiger partial charge on any atom is 0.387 e. The summed E-state index contributed by atoms with van der Waals surface area (Å²) in [4.78, 5) is 12.7. The van der Waals surface area contributed by atoms with E-state index < -0.39 is 29.8 Å². The molecule has 0 fully saturated rings. The monoisotopic (exact) mass is 451 g/mol. The maximum atomic E-state index is 12.7. The van der Waals surface area contributed by atoms with E-state index in [1.54, 1.807) is 50.2 Å². The molecule has 3 rings (SSSR count). The van der Waals surface area contributed by atoms with Crippen LogP contribution in [0.4, 0.5) is 8.78 Å². The van der Waals surface area contributed by atoms with Crippen LogP contribution in [-0.4, -0.2) is 17.7 Å². The summed E-state index contributed by atoms with van der Waals surface area (Å²) >= 11 is 0. The van der Waals surface area contributed by atoms with E-state index in [0.717, 1.165) is 0 Å². The van der Waals surface area contributed by atoms with Gasteiger partial charge in [-0.15, -0.1) is 0 Å². The van der Waals surface area contributed by atoms with E-state index in [9.17, 15) is 23.9 Å². The second-order valence-electron chi connectivity index (χ2n) is 7.78. The molecule has 3 aromatic carbocycles. The van der Waals surface area contributed by atoms with Crippen LogP contribution in [0.1, 0.15) is 30.9 Å². The molecule has 2 unspecified atom stereocenters. The average molecular weight is 451 g/mol. The molecule has 7 heteroatoms. The van der Waals surface area contributed by atoms with Gasteiger partial charge in [0.15, 0.2) is 0 Å². The lowest BCUT2D eigenvalue weighted by atomic mass is 9.62. The van der Waals surface area contributed by atoms with Gasteiger partial charge in [-0.25, -0.2) is 0 Å². The number of rotatable bonds is 9. The van der Waals surface area contributed by atoms with Crippen molar-refractivity contribution >= 4 is 5.97 Å². The van der Waals surface area contributed by atoms with Gasteiger partial charge in [0.05, 0.1) is 12.0 Å². The molecule has 1 N–H and O–H groups in total. The Hall–Kier alpha value is -3.92. The maximum absolute atomic E-state index is 12.7. The van der Waals surface area contributed by atoms with Gasteiger partial charge in [0.2, 0.25) is 0 Å². The first-order valence-corrected chi connectivity index (χ1v) is 10.3. The smallest absolute Gasteiger partial charge is 0.387 e. The molecule has 0 amide bonds. The summed E-state index contributed by atoms with van der Waals surface area (Å²) in [6, 6.07) is 23.4. The minimum Gasteiger partial charge on any atom is -0.481 e. The summed E-state index contributed by atoms with van der Waals surface area (Å²) < 4.78 is 35.3. The summed E-state index contributed by atoms with van der Waals surface area (Å²) in [5.41, 5.74) is -0.869. The largest absolute Gasteiger partial charge is 0.481 e. The molecule has 0 aromatic heterocycles. The highest BCUT2D eigenvalue weighted by Gasteiger charge is 2.51. The summed E-state index contributed by atoms with van der Waals surface area (Å²) in [6.45, 7) is 0.433. The fourth-order valence-corrected chi connectivity index (χ4v) is 4.06. The fraction of sp³-hybridized carbons (Fsp3) is 0.231. The van der Waals surface area contributed by atoms with E-state index in [1.807, 2.05) is 18.2 Å². The van der Waals surface area contributed by atoms with Crippen molar-refractivity contribution in [2.24, 2.45) is 5.92 Å². The van der Waals surface area contributed by atoms with Crippen molar-refractivity contribution in [3.8, 4) is 23.3 Å². The van der Waals surface area contributed by atoms with Gasteiger partial charge in [-0.2, -0.15) is 14.0 Å². The minimum atomic E-state index is -3.00. The predicted octanol–water partition coefficient (Wildman–Crippen LogP) is 6.37. The van der Waals surface area contributed by atoms with Crippen molar-refractivity contribution in [2.75, 3.05) is 0 Å². The second kappa shape index (κ2) is 10.1.